The molecule has 0 atom stereocenters. The van der Waals surface area contributed by atoms with Crippen molar-refractivity contribution in [3.8, 4) is 0 Å². The predicted octanol–water partition coefficient (Wildman–Crippen LogP) is 3.19. The van der Waals surface area contributed by atoms with Gasteiger partial charge in [0.2, 0.25) is 0 Å². The van der Waals surface area contributed by atoms with Crippen molar-refractivity contribution >= 4 is 17.3 Å². The second-order valence-electron chi connectivity index (χ2n) is 5.38. The molecule has 2 N–H and O–H groups in total. The largest absolute Gasteiger partial charge is 0.383 e. The van der Waals surface area contributed by atoms with Crippen LogP contribution in [-0.4, -0.2) is 24.4 Å². The lowest BCUT2D eigenvalue weighted by Crippen LogP contribution is -2.24. The minimum atomic E-state index is -0.495. The fourth-order valence-corrected chi connectivity index (χ4v) is 2.02. The van der Waals surface area contributed by atoms with E-state index >= 15 is 0 Å². The number of carbonyl (C=O) groups excluding carboxylic acids is 1. The summed E-state index contributed by atoms with van der Waals surface area (Å²) in [6, 6.07) is 4.43. The van der Waals surface area contributed by atoms with Crippen molar-refractivity contribution in [3.05, 3.63) is 33.9 Å². The van der Waals surface area contributed by atoms with Crippen LogP contribution in [0.2, 0.25) is 0 Å². The van der Waals surface area contributed by atoms with Crippen LogP contribution in [0.15, 0.2) is 18.2 Å². The van der Waals surface area contributed by atoms with E-state index in [-0.39, 0.29) is 11.6 Å². The number of benzene rings is 1. The molecule has 0 aromatic heterocycles. The summed E-state index contributed by atoms with van der Waals surface area (Å²) >= 11 is 0. The van der Waals surface area contributed by atoms with Gasteiger partial charge in [-0.2, -0.15) is 0 Å². The minimum Gasteiger partial charge on any atom is -0.383 e. The molecule has 0 heterocycles. The number of unbranched alkanes of at least 4 members (excludes halogenated alkanes) is 1. The SMILES string of the molecule is CNc1ccc(C(=O)NCCCCC(C)C)cc1[N+](=O)[O-]. The zero-order chi connectivity index (χ0) is 15.8. The van der Waals surface area contributed by atoms with Crippen molar-refractivity contribution in [1.82, 2.24) is 5.32 Å². The third kappa shape index (κ3) is 5.41. The van der Waals surface area contributed by atoms with Gasteiger partial charge in [0.05, 0.1) is 4.92 Å². The summed E-state index contributed by atoms with van der Waals surface area (Å²) in [5.41, 5.74) is 0.614. The maximum atomic E-state index is 12.0. The average Bonchev–Trinajstić information content (AvgIpc) is 2.45. The lowest BCUT2D eigenvalue weighted by molar-refractivity contribution is -0.384. The molecule has 6 heteroatoms. The van der Waals surface area contributed by atoms with E-state index < -0.39 is 4.92 Å². The van der Waals surface area contributed by atoms with Gasteiger partial charge in [0, 0.05) is 25.2 Å². The van der Waals surface area contributed by atoms with Crippen LogP contribution in [0.4, 0.5) is 11.4 Å². The monoisotopic (exact) mass is 293 g/mol. The second-order valence-corrected chi connectivity index (χ2v) is 5.38. The van der Waals surface area contributed by atoms with E-state index in [9.17, 15) is 14.9 Å². The number of hydrogen-bond acceptors (Lipinski definition) is 4. The molecule has 1 rings (SSSR count). The molecule has 1 aromatic rings. The second kappa shape index (κ2) is 8.24. The smallest absolute Gasteiger partial charge is 0.293 e. The van der Waals surface area contributed by atoms with Crippen LogP contribution in [0.1, 0.15) is 43.5 Å². The molecule has 1 aromatic carbocycles. The van der Waals surface area contributed by atoms with Gasteiger partial charge in [0.15, 0.2) is 0 Å². The lowest BCUT2D eigenvalue weighted by atomic mass is 10.1. The molecular formula is C15H23N3O3. The van der Waals surface area contributed by atoms with Crippen molar-refractivity contribution in [2.45, 2.75) is 33.1 Å². The first-order valence-electron chi connectivity index (χ1n) is 7.20. The lowest BCUT2D eigenvalue weighted by Gasteiger charge is -2.08. The summed E-state index contributed by atoms with van der Waals surface area (Å²) in [4.78, 5) is 22.4. The van der Waals surface area contributed by atoms with Gasteiger partial charge in [-0.3, -0.25) is 14.9 Å². The number of nitro groups is 1. The van der Waals surface area contributed by atoms with Gasteiger partial charge < -0.3 is 10.6 Å². The number of nitrogens with one attached hydrogen (secondary N) is 2. The van der Waals surface area contributed by atoms with Crippen LogP contribution >= 0.6 is 0 Å². The summed E-state index contributed by atoms with van der Waals surface area (Å²) in [6.45, 7) is 4.93. The zero-order valence-electron chi connectivity index (χ0n) is 12.8. The van der Waals surface area contributed by atoms with Crippen LogP contribution in [0.5, 0.6) is 0 Å². The van der Waals surface area contributed by atoms with Crippen molar-refractivity contribution in [3.63, 3.8) is 0 Å². The van der Waals surface area contributed by atoms with E-state index in [1.165, 1.54) is 6.07 Å². The van der Waals surface area contributed by atoms with Crippen LogP contribution in [0.3, 0.4) is 0 Å². The van der Waals surface area contributed by atoms with E-state index in [0.29, 0.717) is 23.7 Å². The molecule has 0 aliphatic heterocycles. The number of nitro benzene ring substituents is 1. The Morgan fingerprint density at radius 1 is 1.33 bits per heavy atom. The van der Waals surface area contributed by atoms with E-state index in [2.05, 4.69) is 24.5 Å². The Bertz CT molecular complexity index is 501. The van der Waals surface area contributed by atoms with Gasteiger partial charge in [0.25, 0.3) is 11.6 Å². The summed E-state index contributed by atoms with van der Waals surface area (Å²) in [5.74, 6) is 0.391. The molecule has 116 valence electrons. The molecule has 0 aliphatic carbocycles. The number of anilines is 1. The highest BCUT2D eigenvalue weighted by Gasteiger charge is 2.16. The summed E-state index contributed by atoms with van der Waals surface area (Å²) < 4.78 is 0. The van der Waals surface area contributed by atoms with E-state index in [1.54, 1.807) is 19.2 Å². The fraction of sp³-hybridized carbons (Fsp3) is 0.533. The molecule has 0 saturated heterocycles. The third-order valence-electron chi connectivity index (χ3n) is 3.22. The van der Waals surface area contributed by atoms with E-state index in [0.717, 1.165) is 19.3 Å². The summed E-state index contributed by atoms with van der Waals surface area (Å²) in [6.07, 6.45) is 3.12. The molecule has 21 heavy (non-hydrogen) atoms. The fourth-order valence-electron chi connectivity index (χ4n) is 2.02. The van der Waals surface area contributed by atoms with Crippen LogP contribution in [-0.2, 0) is 0 Å². The number of carbonyl (C=O) groups is 1. The first-order chi connectivity index (χ1) is 9.95. The van der Waals surface area contributed by atoms with E-state index in [1.807, 2.05) is 0 Å². The van der Waals surface area contributed by atoms with Crippen molar-refractivity contribution in [2.24, 2.45) is 5.92 Å². The first-order valence-corrected chi connectivity index (χ1v) is 7.20. The first kappa shape index (κ1) is 16.9. The zero-order valence-corrected chi connectivity index (χ0v) is 12.8. The Morgan fingerprint density at radius 3 is 2.62 bits per heavy atom. The van der Waals surface area contributed by atoms with Crippen molar-refractivity contribution in [1.29, 1.82) is 0 Å². The Kier molecular flexibility index (Phi) is 6.65. The molecule has 0 saturated carbocycles. The van der Waals surface area contributed by atoms with E-state index in [4.69, 9.17) is 0 Å². The molecule has 1 amide bonds. The molecule has 0 unspecified atom stereocenters. The van der Waals surface area contributed by atoms with Gasteiger partial charge in [-0.15, -0.1) is 0 Å². The molecule has 0 aliphatic rings. The number of hydrogen-bond donors (Lipinski definition) is 2. The van der Waals surface area contributed by atoms with Crippen LogP contribution < -0.4 is 10.6 Å². The molecule has 0 fully saturated rings. The van der Waals surface area contributed by atoms with Gasteiger partial charge in [-0.1, -0.05) is 26.7 Å². The maximum Gasteiger partial charge on any atom is 0.293 e. The number of nitrogens with zero attached hydrogens (tertiary/aromatic N) is 1. The molecule has 0 bridgehead atoms. The van der Waals surface area contributed by atoms with Gasteiger partial charge >= 0.3 is 0 Å². The minimum absolute atomic E-state index is 0.0926. The van der Waals surface area contributed by atoms with Gasteiger partial charge in [-0.05, 0) is 24.5 Å². The normalized spacial score (nSPS) is 10.5. The van der Waals surface area contributed by atoms with Crippen molar-refractivity contribution < 1.29 is 9.72 Å². The average molecular weight is 293 g/mol. The Balaban J connectivity index is 2.58. The third-order valence-corrected chi connectivity index (χ3v) is 3.22. The quantitative estimate of drug-likeness (QED) is 0.438. The summed E-state index contributed by atoms with van der Waals surface area (Å²) in [7, 11) is 1.61. The Hall–Kier alpha value is -2.11. The Morgan fingerprint density at radius 2 is 2.05 bits per heavy atom. The molecule has 0 radical (unpaired) electrons. The maximum absolute atomic E-state index is 12.0. The number of amides is 1. The highest BCUT2D eigenvalue weighted by Crippen LogP contribution is 2.24. The van der Waals surface area contributed by atoms with Crippen LogP contribution in [0, 0.1) is 16.0 Å². The standard InChI is InChI=1S/C15H23N3O3/c1-11(2)6-4-5-9-17-15(19)12-7-8-13(16-3)14(10-12)18(20)21/h7-8,10-11,16H,4-6,9H2,1-3H3,(H,17,19). The predicted molar refractivity (Wildman–Crippen MR) is 83.7 cm³/mol. The van der Waals surface area contributed by atoms with Gasteiger partial charge in [0.1, 0.15) is 5.69 Å². The Labute approximate surface area is 125 Å². The molecular weight excluding hydrogens is 270 g/mol. The summed E-state index contributed by atoms with van der Waals surface area (Å²) in [5, 5.41) is 16.5. The van der Waals surface area contributed by atoms with Crippen molar-refractivity contribution in [2.75, 3.05) is 18.9 Å². The van der Waals surface area contributed by atoms with Crippen LogP contribution in [0.25, 0.3) is 0 Å². The highest BCUT2D eigenvalue weighted by atomic mass is 16.6. The molecule has 0 spiro atoms. The van der Waals surface area contributed by atoms with Gasteiger partial charge in [-0.25, -0.2) is 0 Å². The topological polar surface area (TPSA) is 84.3 Å². The number of rotatable bonds is 8. The molecule has 6 nitrogen and oxygen atoms in total. The highest BCUT2D eigenvalue weighted by molar-refractivity contribution is 5.95.